The molecule has 7 heteroatoms. The fourth-order valence-corrected chi connectivity index (χ4v) is 2.55. The van der Waals surface area contributed by atoms with E-state index >= 15 is 0 Å². The summed E-state index contributed by atoms with van der Waals surface area (Å²) in [5.41, 5.74) is 0. The van der Waals surface area contributed by atoms with Crippen LogP contribution in [0.25, 0.3) is 0 Å². The van der Waals surface area contributed by atoms with Crippen molar-refractivity contribution < 1.29 is 0 Å². The van der Waals surface area contributed by atoms with E-state index in [0.717, 1.165) is 45.1 Å². The maximum Gasteiger partial charge on any atom is 0.231 e. The lowest BCUT2D eigenvalue weighted by atomic mass is 10.3. The highest BCUT2D eigenvalue weighted by molar-refractivity contribution is 5.44. The van der Waals surface area contributed by atoms with Crippen LogP contribution in [0.2, 0.25) is 0 Å². The van der Waals surface area contributed by atoms with Crippen LogP contribution in [0, 0.1) is 0 Å². The third kappa shape index (κ3) is 4.17. The fraction of sp³-hybridized carbons (Fsp3) is 0.786. The van der Waals surface area contributed by atoms with Crippen molar-refractivity contribution in [3.05, 3.63) is 0 Å². The van der Waals surface area contributed by atoms with E-state index in [-0.39, 0.29) is 0 Å². The summed E-state index contributed by atoms with van der Waals surface area (Å²) in [5, 5.41) is 6.63. The second-order valence-electron chi connectivity index (χ2n) is 5.38. The van der Waals surface area contributed by atoms with Gasteiger partial charge in [-0.25, -0.2) is 0 Å². The smallest absolute Gasteiger partial charge is 0.231 e. The number of hydrogen-bond donors (Lipinski definition) is 2. The molecule has 7 nitrogen and oxygen atoms in total. The van der Waals surface area contributed by atoms with Crippen LogP contribution >= 0.6 is 0 Å². The molecule has 0 radical (unpaired) electrons. The second-order valence-corrected chi connectivity index (χ2v) is 5.38. The molecule has 0 amide bonds. The molecule has 118 valence electrons. The molecule has 0 spiro atoms. The maximum absolute atomic E-state index is 4.58. The Morgan fingerprint density at radius 1 is 1.14 bits per heavy atom. The Hall–Kier alpha value is -1.63. The molecule has 1 aliphatic heterocycles. The van der Waals surface area contributed by atoms with E-state index in [1.807, 2.05) is 6.92 Å². The minimum absolute atomic E-state index is 0.413. The standard InChI is InChI=1S/C14H27N7/c1-5-15-12-17-13(16-11-8-9-20(4)10-11)19-14(18-12)21(6-2)7-3/h11H,5-10H2,1-4H3,(H2,15,16,17,18,19). The summed E-state index contributed by atoms with van der Waals surface area (Å²) in [6, 6.07) is 0.413. The molecule has 1 aromatic rings. The third-order valence-electron chi connectivity index (χ3n) is 3.73. The van der Waals surface area contributed by atoms with Crippen LogP contribution in [0.3, 0.4) is 0 Å². The minimum Gasteiger partial charge on any atom is -0.354 e. The van der Waals surface area contributed by atoms with E-state index in [4.69, 9.17) is 0 Å². The van der Waals surface area contributed by atoms with Crippen molar-refractivity contribution in [3.63, 3.8) is 0 Å². The topological polar surface area (TPSA) is 69.2 Å². The molecule has 1 aromatic heterocycles. The van der Waals surface area contributed by atoms with E-state index in [1.54, 1.807) is 0 Å². The van der Waals surface area contributed by atoms with Gasteiger partial charge in [-0.05, 0) is 40.8 Å². The molecular weight excluding hydrogens is 266 g/mol. The first kappa shape index (κ1) is 15.8. The van der Waals surface area contributed by atoms with Crippen molar-refractivity contribution in [3.8, 4) is 0 Å². The first-order valence-corrected chi connectivity index (χ1v) is 7.86. The van der Waals surface area contributed by atoms with Crippen LogP contribution in [-0.4, -0.2) is 65.7 Å². The van der Waals surface area contributed by atoms with E-state index in [0.29, 0.717) is 17.9 Å². The Labute approximate surface area is 127 Å². The fourth-order valence-electron chi connectivity index (χ4n) is 2.55. The molecule has 0 saturated carbocycles. The highest BCUT2D eigenvalue weighted by Gasteiger charge is 2.21. The van der Waals surface area contributed by atoms with Crippen LogP contribution < -0.4 is 15.5 Å². The summed E-state index contributed by atoms with van der Waals surface area (Å²) in [6.07, 6.45) is 1.12. The first-order valence-electron chi connectivity index (χ1n) is 7.86. The van der Waals surface area contributed by atoms with Gasteiger partial charge in [0, 0.05) is 32.2 Å². The van der Waals surface area contributed by atoms with Gasteiger partial charge in [0.2, 0.25) is 17.8 Å². The summed E-state index contributed by atoms with van der Waals surface area (Å²) < 4.78 is 0. The Balaban J connectivity index is 2.18. The zero-order valence-corrected chi connectivity index (χ0v) is 13.6. The zero-order chi connectivity index (χ0) is 15.2. The summed E-state index contributed by atoms with van der Waals surface area (Å²) in [4.78, 5) is 18.0. The normalized spacial score (nSPS) is 18.8. The Morgan fingerprint density at radius 2 is 1.86 bits per heavy atom. The van der Waals surface area contributed by atoms with E-state index in [9.17, 15) is 0 Å². The van der Waals surface area contributed by atoms with Gasteiger partial charge in [0.15, 0.2) is 0 Å². The largest absolute Gasteiger partial charge is 0.354 e. The van der Waals surface area contributed by atoms with Gasteiger partial charge in [-0.15, -0.1) is 0 Å². The third-order valence-corrected chi connectivity index (χ3v) is 3.73. The van der Waals surface area contributed by atoms with Gasteiger partial charge in [-0.3, -0.25) is 0 Å². The summed E-state index contributed by atoms with van der Waals surface area (Å²) in [7, 11) is 2.14. The molecule has 0 aromatic carbocycles. The van der Waals surface area contributed by atoms with E-state index < -0.39 is 0 Å². The number of likely N-dealkylation sites (N-methyl/N-ethyl adjacent to an activating group) is 1. The van der Waals surface area contributed by atoms with Gasteiger partial charge in [-0.1, -0.05) is 0 Å². The Kier molecular flexibility index (Phi) is 5.55. The number of hydrogen-bond acceptors (Lipinski definition) is 7. The average molecular weight is 293 g/mol. The number of nitrogens with zero attached hydrogens (tertiary/aromatic N) is 5. The summed E-state index contributed by atoms with van der Waals surface area (Å²) >= 11 is 0. The van der Waals surface area contributed by atoms with Crippen molar-refractivity contribution in [2.24, 2.45) is 0 Å². The number of anilines is 3. The zero-order valence-electron chi connectivity index (χ0n) is 13.6. The van der Waals surface area contributed by atoms with Crippen molar-refractivity contribution in [1.29, 1.82) is 0 Å². The van der Waals surface area contributed by atoms with E-state index in [1.165, 1.54) is 0 Å². The Morgan fingerprint density at radius 3 is 2.43 bits per heavy atom. The molecule has 21 heavy (non-hydrogen) atoms. The number of aromatic nitrogens is 3. The van der Waals surface area contributed by atoms with Gasteiger partial charge >= 0.3 is 0 Å². The number of rotatable bonds is 7. The molecule has 1 unspecified atom stereocenters. The number of likely N-dealkylation sites (tertiary alicyclic amines) is 1. The van der Waals surface area contributed by atoms with Crippen molar-refractivity contribution in [1.82, 2.24) is 19.9 Å². The van der Waals surface area contributed by atoms with Gasteiger partial charge in [0.25, 0.3) is 0 Å². The minimum atomic E-state index is 0.413. The summed E-state index contributed by atoms with van der Waals surface area (Å²) in [6.45, 7) is 11.0. The summed E-state index contributed by atoms with van der Waals surface area (Å²) in [5.74, 6) is 2.05. The lowest BCUT2D eigenvalue weighted by Gasteiger charge is -2.20. The molecule has 0 aliphatic carbocycles. The lowest BCUT2D eigenvalue weighted by molar-refractivity contribution is 0.414. The molecule has 2 rings (SSSR count). The van der Waals surface area contributed by atoms with Crippen molar-refractivity contribution in [2.45, 2.75) is 33.2 Å². The molecule has 0 bridgehead atoms. The molecule has 1 fully saturated rings. The molecule has 1 saturated heterocycles. The van der Waals surface area contributed by atoms with E-state index in [2.05, 4.69) is 56.3 Å². The highest BCUT2D eigenvalue weighted by atomic mass is 15.3. The van der Waals surface area contributed by atoms with Gasteiger partial charge in [0.1, 0.15) is 0 Å². The van der Waals surface area contributed by atoms with Gasteiger partial charge in [0.05, 0.1) is 0 Å². The van der Waals surface area contributed by atoms with Crippen LogP contribution in [0.4, 0.5) is 17.8 Å². The molecule has 2 heterocycles. The molecule has 1 atom stereocenters. The van der Waals surface area contributed by atoms with Gasteiger partial charge in [-0.2, -0.15) is 15.0 Å². The van der Waals surface area contributed by atoms with Gasteiger partial charge < -0.3 is 20.4 Å². The second kappa shape index (κ2) is 7.40. The predicted molar refractivity (Wildman–Crippen MR) is 87.1 cm³/mol. The molecule has 1 aliphatic rings. The monoisotopic (exact) mass is 293 g/mol. The Bertz CT molecular complexity index is 447. The first-order chi connectivity index (χ1) is 10.2. The SMILES string of the molecule is CCNc1nc(NC2CCN(C)C2)nc(N(CC)CC)n1. The van der Waals surface area contributed by atoms with Crippen LogP contribution in [0.15, 0.2) is 0 Å². The van der Waals surface area contributed by atoms with Crippen molar-refractivity contribution in [2.75, 3.05) is 55.3 Å². The molecular formula is C14H27N7. The van der Waals surface area contributed by atoms with Crippen LogP contribution in [-0.2, 0) is 0 Å². The average Bonchev–Trinajstić information content (AvgIpc) is 2.86. The number of nitrogens with one attached hydrogen (secondary N) is 2. The highest BCUT2D eigenvalue weighted by Crippen LogP contribution is 2.16. The molecule has 2 N–H and O–H groups in total. The lowest BCUT2D eigenvalue weighted by Crippen LogP contribution is -2.28. The van der Waals surface area contributed by atoms with Crippen molar-refractivity contribution >= 4 is 17.8 Å². The maximum atomic E-state index is 4.58. The quantitative estimate of drug-likeness (QED) is 0.784. The van der Waals surface area contributed by atoms with Crippen LogP contribution in [0.5, 0.6) is 0 Å². The predicted octanol–water partition coefficient (Wildman–Crippen LogP) is 1.27. The van der Waals surface area contributed by atoms with Crippen LogP contribution in [0.1, 0.15) is 27.2 Å².